The molecule has 0 aliphatic rings. The molecule has 0 spiro atoms. The van der Waals surface area contributed by atoms with Crippen molar-refractivity contribution in [3.63, 3.8) is 0 Å². The molecule has 0 radical (unpaired) electrons. The number of hydrogen-bond acceptors (Lipinski definition) is 3. The average Bonchev–Trinajstić information content (AvgIpc) is 3.02. The van der Waals surface area contributed by atoms with Gasteiger partial charge in [-0.05, 0) is 41.8 Å². The van der Waals surface area contributed by atoms with Crippen LogP contribution in [0.5, 0.6) is 5.75 Å². The van der Waals surface area contributed by atoms with Crippen LogP contribution in [-0.2, 0) is 6.61 Å². The first-order valence-corrected chi connectivity index (χ1v) is 8.01. The van der Waals surface area contributed by atoms with Crippen LogP contribution in [0.1, 0.15) is 15.2 Å². The molecule has 0 atom stereocenters. The highest BCUT2D eigenvalue weighted by Gasteiger charge is 2.10. The number of amides is 1. The molecule has 1 amide bonds. The number of carbonyl (C=O) groups excluding carboxylic acids is 1. The third-order valence-electron chi connectivity index (χ3n) is 3.16. The lowest BCUT2D eigenvalue weighted by Crippen LogP contribution is -2.10. The van der Waals surface area contributed by atoms with Crippen LogP contribution in [0.2, 0.25) is 0 Å². The van der Waals surface area contributed by atoms with Gasteiger partial charge in [0.2, 0.25) is 0 Å². The molecule has 1 heterocycles. The Kier molecular flexibility index (Phi) is 4.86. The summed E-state index contributed by atoms with van der Waals surface area (Å²) in [5, 5.41) is 4.43. The number of hydrogen-bond donors (Lipinski definition) is 1. The third-order valence-corrected chi connectivity index (χ3v) is 4.14. The summed E-state index contributed by atoms with van der Waals surface area (Å²) in [6.07, 6.45) is 0. The van der Waals surface area contributed by atoms with Gasteiger partial charge in [-0.2, -0.15) is 0 Å². The Morgan fingerprint density at radius 2 is 1.79 bits per heavy atom. The summed E-state index contributed by atoms with van der Waals surface area (Å²) in [6.45, 7) is 0.229. The molecule has 2 aromatic carbocycles. The molecule has 0 unspecified atom stereocenters. The SMILES string of the molecule is O=C(Nc1cccc(F)c1)c1cc(COc2cccc(F)c2)cs1. The van der Waals surface area contributed by atoms with Gasteiger partial charge in [-0.25, -0.2) is 8.78 Å². The second-order valence-electron chi connectivity index (χ2n) is 5.03. The van der Waals surface area contributed by atoms with Crippen LogP contribution >= 0.6 is 11.3 Å². The molecule has 24 heavy (non-hydrogen) atoms. The molecule has 3 rings (SSSR count). The van der Waals surface area contributed by atoms with Gasteiger partial charge in [-0.1, -0.05) is 12.1 Å². The molecule has 0 saturated carbocycles. The molecule has 0 aliphatic heterocycles. The van der Waals surface area contributed by atoms with Crippen molar-refractivity contribution < 1.29 is 18.3 Å². The first kappa shape index (κ1) is 16.1. The van der Waals surface area contributed by atoms with Crippen molar-refractivity contribution in [2.24, 2.45) is 0 Å². The predicted octanol–water partition coefficient (Wildman–Crippen LogP) is 4.86. The number of benzene rings is 2. The van der Waals surface area contributed by atoms with E-state index in [2.05, 4.69) is 5.32 Å². The van der Waals surface area contributed by atoms with Crippen molar-refractivity contribution in [1.82, 2.24) is 0 Å². The highest BCUT2D eigenvalue weighted by molar-refractivity contribution is 7.12. The highest BCUT2D eigenvalue weighted by atomic mass is 32.1. The van der Waals surface area contributed by atoms with Crippen LogP contribution < -0.4 is 10.1 Å². The fourth-order valence-electron chi connectivity index (χ4n) is 2.05. The molecule has 0 saturated heterocycles. The zero-order valence-electron chi connectivity index (χ0n) is 12.5. The van der Waals surface area contributed by atoms with Crippen molar-refractivity contribution in [2.45, 2.75) is 6.61 Å². The molecule has 0 bridgehead atoms. The predicted molar refractivity (Wildman–Crippen MR) is 89.4 cm³/mol. The van der Waals surface area contributed by atoms with Gasteiger partial charge in [0.15, 0.2) is 0 Å². The molecule has 3 aromatic rings. The molecule has 3 nitrogen and oxygen atoms in total. The minimum atomic E-state index is -0.414. The van der Waals surface area contributed by atoms with E-state index in [1.54, 1.807) is 29.6 Å². The molecule has 1 N–H and O–H groups in total. The average molecular weight is 345 g/mol. The quantitative estimate of drug-likeness (QED) is 0.717. The van der Waals surface area contributed by atoms with Crippen molar-refractivity contribution in [2.75, 3.05) is 5.32 Å². The van der Waals surface area contributed by atoms with Crippen molar-refractivity contribution in [1.29, 1.82) is 0 Å². The Morgan fingerprint density at radius 3 is 2.54 bits per heavy atom. The molecule has 0 aliphatic carbocycles. The maximum Gasteiger partial charge on any atom is 0.265 e. The summed E-state index contributed by atoms with van der Waals surface area (Å²) in [5.41, 5.74) is 1.19. The van der Waals surface area contributed by atoms with Gasteiger partial charge in [0.05, 0.1) is 4.88 Å². The van der Waals surface area contributed by atoms with Crippen LogP contribution in [-0.4, -0.2) is 5.91 Å². The van der Waals surface area contributed by atoms with E-state index >= 15 is 0 Å². The third kappa shape index (κ3) is 4.17. The number of halogens is 2. The fraction of sp³-hybridized carbons (Fsp3) is 0.0556. The lowest BCUT2D eigenvalue weighted by Gasteiger charge is -2.04. The molecule has 6 heteroatoms. The lowest BCUT2D eigenvalue weighted by atomic mass is 10.3. The minimum absolute atomic E-state index is 0.229. The molecule has 122 valence electrons. The smallest absolute Gasteiger partial charge is 0.265 e. The van der Waals surface area contributed by atoms with Crippen molar-refractivity contribution in [3.05, 3.63) is 82.1 Å². The number of carbonyl (C=O) groups is 1. The van der Waals surface area contributed by atoms with E-state index in [4.69, 9.17) is 4.74 Å². The second-order valence-corrected chi connectivity index (χ2v) is 5.94. The van der Waals surface area contributed by atoms with Crippen LogP contribution in [0.3, 0.4) is 0 Å². The van der Waals surface area contributed by atoms with E-state index < -0.39 is 5.82 Å². The number of rotatable bonds is 5. The summed E-state index contributed by atoms with van der Waals surface area (Å²) in [6, 6.07) is 13.3. The topological polar surface area (TPSA) is 38.3 Å². The largest absolute Gasteiger partial charge is 0.489 e. The summed E-state index contributed by atoms with van der Waals surface area (Å²) in [4.78, 5) is 12.6. The fourth-order valence-corrected chi connectivity index (χ4v) is 2.84. The van der Waals surface area contributed by atoms with Gasteiger partial charge in [0, 0.05) is 17.3 Å². The Labute approximate surface area is 141 Å². The van der Waals surface area contributed by atoms with Gasteiger partial charge < -0.3 is 10.1 Å². The highest BCUT2D eigenvalue weighted by Crippen LogP contribution is 2.20. The maximum atomic E-state index is 13.1. The van der Waals surface area contributed by atoms with Crippen LogP contribution in [0.4, 0.5) is 14.5 Å². The zero-order chi connectivity index (χ0) is 16.9. The van der Waals surface area contributed by atoms with E-state index in [-0.39, 0.29) is 18.3 Å². The molecule has 0 fully saturated rings. The summed E-state index contributed by atoms with van der Waals surface area (Å²) in [5.74, 6) is -0.675. The monoisotopic (exact) mass is 345 g/mol. The molecular weight excluding hydrogens is 332 g/mol. The Morgan fingerprint density at radius 1 is 1.04 bits per heavy atom. The van der Waals surface area contributed by atoms with E-state index in [0.717, 1.165) is 5.56 Å². The van der Waals surface area contributed by atoms with Gasteiger partial charge in [0.1, 0.15) is 24.0 Å². The van der Waals surface area contributed by atoms with Crippen molar-refractivity contribution >= 4 is 22.9 Å². The maximum absolute atomic E-state index is 13.1. The van der Waals surface area contributed by atoms with E-state index in [0.29, 0.717) is 16.3 Å². The number of anilines is 1. The first-order chi connectivity index (χ1) is 11.6. The van der Waals surface area contributed by atoms with Crippen LogP contribution in [0, 0.1) is 11.6 Å². The number of ether oxygens (including phenoxy) is 1. The summed E-state index contributed by atoms with van der Waals surface area (Å²) < 4.78 is 31.7. The Hall–Kier alpha value is -2.73. The number of nitrogens with one attached hydrogen (secondary N) is 1. The van der Waals surface area contributed by atoms with Gasteiger partial charge in [-0.3, -0.25) is 4.79 Å². The van der Waals surface area contributed by atoms with E-state index in [1.807, 2.05) is 0 Å². The molecular formula is C18H13F2NO2S. The normalized spacial score (nSPS) is 10.4. The minimum Gasteiger partial charge on any atom is -0.489 e. The van der Waals surface area contributed by atoms with E-state index in [9.17, 15) is 13.6 Å². The van der Waals surface area contributed by atoms with Gasteiger partial charge >= 0.3 is 0 Å². The Bertz CT molecular complexity index is 863. The second kappa shape index (κ2) is 7.23. The number of thiophene rings is 1. The Balaban J connectivity index is 1.61. The van der Waals surface area contributed by atoms with Crippen molar-refractivity contribution in [3.8, 4) is 5.75 Å². The summed E-state index contributed by atoms with van der Waals surface area (Å²) >= 11 is 1.26. The summed E-state index contributed by atoms with van der Waals surface area (Å²) in [7, 11) is 0. The van der Waals surface area contributed by atoms with E-state index in [1.165, 1.54) is 41.7 Å². The van der Waals surface area contributed by atoms with Crippen LogP contribution in [0.15, 0.2) is 60.0 Å². The zero-order valence-corrected chi connectivity index (χ0v) is 13.3. The van der Waals surface area contributed by atoms with Gasteiger partial charge in [0.25, 0.3) is 5.91 Å². The van der Waals surface area contributed by atoms with Gasteiger partial charge in [-0.15, -0.1) is 11.3 Å². The van der Waals surface area contributed by atoms with Crippen LogP contribution in [0.25, 0.3) is 0 Å². The lowest BCUT2D eigenvalue weighted by molar-refractivity contribution is 0.103. The molecule has 1 aromatic heterocycles. The first-order valence-electron chi connectivity index (χ1n) is 7.13. The standard InChI is InChI=1S/C18H13F2NO2S/c19-13-3-1-5-15(8-13)21-18(22)17-7-12(11-24-17)10-23-16-6-2-4-14(20)9-16/h1-9,11H,10H2,(H,21,22).